The number of carbonyl (C=O) groups is 1. The summed E-state index contributed by atoms with van der Waals surface area (Å²) in [5.74, 6) is 0.423. The number of carbonyl (C=O) groups excluding carboxylic acids is 1. The lowest BCUT2D eigenvalue weighted by Crippen LogP contribution is -2.50. The standard InChI is InChI=1S/C16H25N3O3S2/c1-12-6-7-17-11-14(12)18-15(20)10-13-4-5-16(23-13)24(21,22)19-8-2-3-9-19/h4-5,12,14,17H,2-3,6-11H2,1H3,(H,18,20). The lowest BCUT2D eigenvalue weighted by atomic mass is 9.95. The van der Waals surface area contributed by atoms with Crippen LogP contribution in [-0.4, -0.2) is 50.9 Å². The molecule has 3 heterocycles. The fraction of sp³-hybridized carbons (Fsp3) is 0.688. The average Bonchev–Trinajstić information content (AvgIpc) is 3.21. The monoisotopic (exact) mass is 371 g/mol. The van der Waals surface area contributed by atoms with Crippen LogP contribution in [0.3, 0.4) is 0 Å². The summed E-state index contributed by atoms with van der Waals surface area (Å²) in [4.78, 5) is 13.0. The smallest absolute Gasteiger partial charge is 0.252 e. The number of piperidine rings is 1. The van der Waals surface area contributed by atoms with Gasteiger partial charge in [0.2, 0.25) is 5.91 Å². The SMILES string of the molecule is CC1CCNCC1NC(=O)Cc1ccc(S(=O)(=O)N2CCCC2)s1. The molecule has 2 saturated heterocycles. The minimum atomic E-state index is -3.38. The van der Waals surface area contributed by atoms with Crippen LogP contribution in [0.1, 0.15) is 31.1 Å². The molecule has 3 rings (SSSR count). The topological polar surface area (TPSA) is 78.5 Å². The number of thiophene rings is 1. The first kappa shape index (κ1) is 17.8. The molecular weight excluding hydrogens is 346 g/mol. The zero-order valence-corrected chi connectivity index (χ0v) is 15.6. The third-order valence-electron chi connectivity index (χ3n) is 4.80. The van der Waals surface area contributed by atoms with Gasteiger partial charge in [0.05, 0.1) is 6.42 Å². The first-order valence-electron chi connectivity index (χ1n) is 8.56. The Morgan fingerprint density at radius 2 is 2.12 bits per heavy atom. The van der Waals surface area contributed by atoms with E-state index in [1.165, 1.54) is 15.6 Å². The van der Waals surface area contributed by atoms with E-state index in [1.54, 1.807) is 12.1 Å². The molecule has 0 spiro atoms. The molecule has 8 heteroatoms. The van der Waals surface area contributed by atoms with Crippen molar-refractivity contribution in [2.75, 3.05) is 26.2 Å². The second-order valence-electron chi connectivity index (χ2n) is 6.65. The van der Waals surface area contributed by atoms with E-state index in [0.717, 1.165) is 37.2 Å². The number of amides is 1. The molecule has 2 unspecified atom stereocenters. The fourth-order valence-electron chi connectivity index (χ4n) is 3.25. The molecule has 134 valence electrons. The van der Waals surface area contributed by atoms with E-state index in [0.29, 0.717) is 23.2 Å². The summed E-state index contributed by atoms with van der Waals surface area (Å²) < 4.78 is 26.9. The predicted octanol–water partition coefficient (Wildman–Crippen LogP) is 1.19. The Hall–Kier alpha value is -0.960. The maximum absolute atomic E-state index is 12.5. The van der Waals surface area contributed by atoms with Gasteiger partial charge in [-0.15, -0.1) is 11.3 Å². The van der Waals surface area contributed by atoms with Crippen LogP contribution < -0.4 is 10.6 Å². The quantitative estimate of drug-likeness (QED) is 0.815. The van der Waals surface area contributed by atoms with Gasteiger partial charge in [0.25, 0.3) is 10.0 Å². The van der Waals surface area contributed by atoms with Gasteiger partial charge in [0, 0.05) is 30.6 Å². The lowest BCUT2D eigenvalue weighted by Gasteiger charge is -2.30. The maximum Gasteiger partial charge on any atom is 0.252 e. The van der Waals surface area contributed by atoms with Crippen molar-refractivity contribution in [1.82, 2.24) is 14.9 Å². The highest BCUT2D eigenvalue weighted by Gasteiger charge is 2.29. The van der Waals surface area contributed by atoms with Crippen LogP contribution >= 0.6 is 11.3 Å². The van der Waals surface area contributed by atoms with Crippen LogP contribution in [0.25, 0.3) is 0 Å². The van der Waals surface area contributed by atoms with Crippen molar-refractivity contribution in [3.05, 3.63) is 17.0 Å². The van der Waals surface area contributed by atoms with E-state index in [2.05, 4.69) is 17.6 Å². The molecule has 2 fully saturated rings. The third-order valence-corrected chi connectivity index (χ3v) is 8.26. The zero-order valence-electron chi connectivity index (χ0n) is 14.0. The molecule has 1 aromatic heterocycles. The van der Waals surface area contributed by atoms with Crippen LogP contribution in [0, 0.1) is 5.92 Å². The summed E-state index contributed by atoms with van der Waals surface area (Å²) in [5.41, 5.74) is 0. The highest BCUT2D eigenvalue weighted by Crippen LogP contribution is 2.27. The van der Waals surface area contributed by atoms with Crippen molar-refractivity contribution in [2.24, 2.45) is 5.92 Å². The molecule has 2 aliphatic rings. The van der Waals surface area contributed by atoms with Crippen LogP contribution in [0.5, 0.6) is 0 Å². The maximum atomic E-state index is 12.5. The molecule has 24 heavy (non-hydrogen) atoms. The van der Waals surface area contributed by atoms with E-state index in [-0.39, 0.29) is 18.4 Å². The van der Waals surface area contributed by atoms with E-state index >= 15 is 0 Å². The second-order valence-corrected chi connectivity index (χ2v) is 9.99. The second kappa shape index (κ2) is 7.51. The minimum absolute atomic E-state index is 0.0393. The molecule has 0 aromatic carbocycles. The first-order valence-corrected chi connectivity index (χ1v) is 10.8. The summed E-state index contributed by atoms with van der Waals surface area (Å²) in [6, 6.07) is 3.54. The van der Waals surface area contributed by atoms with Gasteiger partial charge >= 0.3 is 0 Å². The number of hydrogen-bond acceptors (Lipinski definition) is 5. The number of sulfonamides is 1. The van der Waals surface area contributed by atoms with Gasteiger partial charge in [-0.25, -0.2) is 8.42 Å². The average molecular weight is 372 g/mol. The van der Waals surface area contributed by atoms with E-state index in [1.807, 2.05) is 0 Å². The van der Waals surface area contributed by atoms with Gasteiger partial charge in [-0.3, -0.25) is 4.79 Å². The van der Waals surface area contributed by atoms with Crippen molar-refractivity contribution in [2.45, 2.75) is 42.9 Å². The Bertz CT molecular complexity index is 680. The number of rotatable bonds is 5. The van der Waals surface area contributed by atoms with Crippen LogP contribution in [0.15, 0.2) is 16.3 Å². The minimum Gasteiger partial charge on any atom is -0.352 e. The van der Waals surface area contributed by atoms with Gasteiger partial charge < -0.3 is 10.6 Å². The molecular formula is C16H25N3O3S2. The fourth-order valence-corrected chi connectivity index (χ4v) is 6.27. The van der Waals surface area contributed by atoms with Crippen LogP contribution in [0.4, 0.5) is 0 Å². The Balaban J connectivity index is 1.60. The zero-order chi connectivity index (χ0) is 17.2. The van der Waals surface area contributed by atoms with Crippen molar-refractivity contribution in [3.8, 4) is 0 Å². The predicted molar refractivity (Wildman–Crippen MR) is 94.6 cm³/mol. The van der Waals surface area contributed by atoms with Gasteiger partial charge in [0.15, 0.2) is 0 Å². The first-order chi connectivity index (χ1) is 11.5. The Kier molecular flexibility index (Phi) is 5.59. The van der Waals surface area contributed by atoms with Crippen molar-refractivity contribution in [1.29, 1.82) is 0 Å². The molecule has 1 amide bonds. The van der Waals surface area contributed by atoms with Gasteiger partial charge in [-0.1, -0.05) is 6.92 Å². The number of nitrogens with zero attached hydrogens (tertiary/aromatic N) is 1. The van der Waals surface area contributed by atoms with Crippen LogP contribution in [-0.2, 0) is 21.2 Å². The Morgan fingerprint density at radius 3 is 2.83 bits per heavy atom. The normalized spacial score (nSPS) is 25.7. The summed E-state index contributed by atoms with van der Waals surface area (Å²) in [6.45, 7) is 5.14. The number of nitrogens with one attached hydrogen (secondary N) is 2. The molecule has 2 N–H and O–H groups in total. The number of hydrogen-bond donors (Lipinski definition) is 2. The van der Waals surface area contributed by atoms with E-state index in [9.17, 15) is 13.2 Å². The van der Waals surface area contributed by atoms with E-state index in [4.69, 9.17) is 0 Å². The lowest BCUT2D eigenvalue weighted by molar-refractivity contribution is -0.121. The highest BCUT2D eigenvalue weighted by atomic mass is 32.2. The summed E-state index contributed by atoms with van der Waals surface area (Å²) in [6.07, 6.45) is 3.15. The molecule has 0 aliphatic carbocycles. The summed E-state index contributed by atoms with van der Waals surface area (Å²) >= 11 is 1.21. The molecule has 2 aliphatic heterocycles. The van der Waals surface area contributed by atoms with Crippen LogP contribution in [0.2, 0.25) is 0 Å². The molecule has 0 bridgehead atoms. The largest absolute Gasteiger partial charge is 0.352 e. The molecule has 1 aromatic rings. The Morgan fingerprint density at radius 1 is 1.38 bits per heavy atom. The molecule has 6 nitrogen and oxygen atoms in total. The van der Waals surface area contributed by atoms with Crippen molar-refractivity contribution >= 4 is 27.3 Å². The molecule has 0 radical (unpaired) electrons. The van der Waals surface area contributed by atoms with E-state index < -0.39 is 10.0 Å². The van der Waals surface area contributed by atoms with Crippen molar-refractivity contribution in [3.63, 3.8) is 0 Å². The van der Waals surface area contributed by atoms with Gasteiger partial charge in [-0.2, -0.15) is 4.31 Å². The third kappa shape index (κ3) is 3.99. The van der Waals surface area contributed by atoms with Gasteiger partial charge in [-0.05, 0) is 43.9 Å². The molecule has 0 saturated carbocycles. The van der Waals surface area contributed by atoms with Crippen molar-refractivity contribution < 1.29 is 13.2 Å². The molecule has 2 atom stereocenters. The highest BCUT2D eigenvalue weighted by molar-refractivity contribution is 7.91. The Labute approximate surface area is 147 Å². The summed E-state index contributed by atoms with van der Waals surface area (Å²) in [5, 5.41) is 6.36. The van der Waals surface area contributed by atoms with Gasteiger partial charge in [0.1, 0.15) is 4.21 Å². The summed E-state index contributed by atoms with van der Waals surface area (Å²) in [7, 11) is -3.38.